The van der Waals surface area contributed by atoms with Gasteiger partial charge in [-0.25, -0.2) is 13.1 Å². The van der Waals surface area contributed by atoms with Gasteiger partial charge in [-0.2, -0.15) is 0 Å². The van der Waals surface area contributed by atoms with Crippen molar-refractivity contribution in [3.05, 3.63) is 0 Å². The highest BCUT2D eigenvalue weighted by Gasteiger charge is 2.36. The van der Waals surface area contributed by atoms with Crippen LogP contribution in [0.1, 0.15) is 19.3 Å². The molecule has 22 heavy (non-hydrogen) atoms. The SMILES string of the molecule is CS(=O)(=O)NCC(=O)N[C@@H]1CCC[C@@H](N2CCOCC2)[C@@H]1O. The number of amides is 1. The van der Waals surface area contributed by atoms with Crippen molar-refractivity contribution in [3.8, 4) is 0 Å². The van der Waals surface area contributed by atoms with Crippen LogP contribution >= 0.6 is 0 Å². The largest absolute Gasteiger partial charge is 0.389 e. The van der Waals surface area contributed by atoms with E-state index in [1.54, 1.807) is 0 Å². The Bertz CT molecular complexity index is 478. The highest BCUT2D eigenvalue weighted by Crippen LogP contribution is 2.24. The van der Waals surface area contributed by atoms with Gasteiger partial charge in [-0.15, -0.1) is 0 Å². The summed E-state index contributed by atoms with van der Waals surface area (Å²) in [6, 6.07) is -0.318. The average Bonchev–Trinajstić information content (AvgIpc) is 2.48. The zero-order chi connectivity index (χ0) is 16.2. The number of carbonyl (C=O) groups is 1. The molecule has 0 radical (unpaired) electrons. The Morgan fingerprint density at radius 1 is 1.32 bits per heavy atom. The molecule has 0 aromatic rings. The molecule has 128 valence electrons. The van der Waals surface area contributed by atoms with Crippen molar-refractivity contribution in [1.82, 2.24) is 14.9 Å². The van der Waals surface area contributed by atoms with Gasteiger partial charge in [0, 0.05) is 19.1 Å². The summed E-state index contributed by atoms with van der Waals surface area (Å²) in [6.45, 7) is 2.61. The van der Waals surface area contributed by atoms with Gasteiger partial charge in [0.25, 0.3) is 0 Å². The predicted molar refractivity (Wildman–Crippen MR) is 80.8 cm³/mol. The molecule has 1 heterocycles. The molecule has 2 fully saturated rings. The Labute approximate surface area is 131 Å². The molecule has 0 aromatic carbocycles. The molecule has 3 atom stereocenters. The number of morpholine rings is 1. The number of sulfonamides is 1. The van der Waals surface area contributed by atoms with Crippen molar-refractivity contribution >= 4 is 15.9 Å². The second-order valence-corrected chi connectivity index (χ2v) is 7.74. The lowest BCUT2D eigenvalue weighted by Crippen LogP contribution is -2.59. The second kappa shape index (κ2) is 7.69. The summed E-state index contributed by atoms with van der Waals surface area (Å²) in [6.07, 6.45) is 2.88. The lowest BCUT2D eigenvalue weighted by molar-refractivity contribution is -0.123. The van der Waals surface area contributed by atoms with Gasteiger partial charge in [-0.3, -0.25) is 9.69 Å². The van der Waals surface area contributed by atoms with Crippen molar-refractivity contribution in [2.24, 2.45) is 0 Å². The lowest BCUT2D eigenvalue weighted by atomic mass is 9.87. The Morgan fingerprint density at radius 2 is 2.00 bits per heavy atom. The van der Waals surface area contributed by atoms with E-state index in [1.165, 1.54) is 0 Å². The van der Waals surface area contributed by atoms with Crippen LogP contribution in [0, 0.1) is 0 Å². The van der Waals surface area contributed by atoms with Crippen molar-refractivity contribution in [1.29, 1.82) is 0 Å². The summed E-state index contributed by atoms with van der Waals surface area (Å²) in [4.78, 5) is 14.0. The minimum absolute atomic E-state index is 0.0193. The van der Waals surface area contributed by atoms with E-state index in [-0.39, 0.29) is 18.6 Å². The van der Waals surface area contributed by atoms with E-state index in [0.717, 1.165) is 32.2 Å². The number of hydrogen-bond acceptors (Lipinski definition) is 6. The molecule has 1 aliphatic heterocycles. The molecule has 1 saturated heterocycles. The molecule has 2 aliphatic rings. The van der Waals surface area contributed by atoms with Crippen molar-refractivity contribution < 1.29 is 23.1 Å². The van der Waals surface area contributed by atoms with Gasteiger partial charge >= 0.3 is 0 Å². The van der Waals surface area contributed by atoms with Gasteiger partial charge < -0.3 is 15.2 Å². The number of rotatable bonds is 5. The first-order valence-corrected chi connectivity index (χ1v) is 9.50. The summed E-state index contributed by atoms with van der Waals surface area (Å²) in [5, 5.41) is 13.3. The zero-order valence-corrected chi connectivity index (χ0v) is 13.6. The van der Waals surface area contributed by atoms with E-state index in [1.807, 2.05) is 0 Å². The number of aliphatic hydroxyl groups is 1. The number of ether oxygens (including phenoxy) is 1. The summed E-state index contributed by atoms with van der Waals surface area (Å²) in [5.41, 5.74) is 0. The molecule has 8 nitrogen and oxygen atoms in total. The highest BCUT2D eigenvalue weighted by atomic mass is 32.2. The zero-order valence-electron chi connectivity index (χ0n) is 12.8. The topological polar surface area (TPSA) is 108 Å². The average molecular weight is 335 g/mol. The molecule has 2 rings (SSSR count). The van der Waals surface area contributed by atoms with Gasteiger partial charge in [0.2, 0.25) is 15.9 Å². The molecular formula is C13H25N3O5S. The van der Waals surface area contributed by atoms with E-state index in [4.69, 9.17) is 4.74 Å². The lowest BCUT2D eigenvalue weighted by Gasteiger charge is -2.43. The smallest absolute Gasteiger partial charge is 0.235 e. The Hall–Kier alpha value is -0.740. The number of aliphatic hydroxyl groups excluding tert-OH is 1. The third-order valence-corrected chi connectivity index (χ3v) is 4.85. The van der Waals surface area contributed by atoms with Crippen LogP contribution in [0.25, 0.3) is 0 Å². The molecular weight excluding hydrogens is 310 g/mol. The number of carbonyl (C=O) groups excluding carboxylic acids is 1. The molecule has 1 aliphatic carbocycles. The third-order valence-electron chi connectivity index (χ3n) is 4.18. The summed E-state index contributed by atoms with van der Waals surface area (Å²) in [7, 11) is -3.40. The minimum Gasteiger partial charge on any atom is -0.389 e. The fraction of sp³-hybridized carbons (Fsp3) is 0.923. The van der Waals surface area contributed by atoms with Gasteiger partial charge in [-0.05, 0) is 19.3 Å². The molecule has 0 aromatic heterocycles. The number of hydrogen-bond donors (Lipinski definition) is 3. The molecule has 3 N–H and O–H groups in total. The first-order chi connectivity index (χ1) is 10.4. The van der Waals surface area contributed by atoms with Crippen LogP contribution in [0.5, 0.6) is 0 Å². The standard InChI is InChI=1S/C13H25N3O5S/c1-22(19,20)14-9-12(17)15-10-3-2-4-11(13(10)18)16-5-7-21-8-6-16/h10-11,13-14,18H,2-9H2,1H3,(H,15,17)/t10-,11-,13-/m1/s1. The highest BCUT2D eigenvalue weighted by molar-refractivity contribution is 7.88. The van der Waals surface area contributed by atoms with E-state index >= 15 is 0 Å². The summed E-state index contributed by atoms with van der Waals surface area (Å²) >= 11 is 0. The first-order valence-electron chi connectivity index (χ1n) is 7.60. The Kier molecular flexibility index (Phi) is 6.16. The second-order valence-electron chi connectivity index (χ2n) is 5.90. The molecule has 1 amide bonds. The normalized spacial score (nSPS) is 30.9. The van der Waals surface area contributed by atoms with Gasteiger partial charge in [-0.1, -0.05) is 0 Å². The van der Waals surface area contributed by atoms with Gasteiger partial charge in [0.1, 0.15) is 0 Å². The van der Waals surface area contributed by atoms with Crippen molar-refractivity contribution in [3.63, 3.8) is 0 Å². The number of nitrogens with zero attached hydrogens (tertiary/aromatic N) is 1. The predicted octanol–water partition coefficient (Wildman–Crippen LogP) is -1.73. The Balaban J connectivity index is 1.86. The fourth-order valence-electron chi connectivity index (χ4n) is 3.08. The quantitative estimate of drug-likeness (QED) is 0.551. The number of nitrogens with one attached hydrogen (secondary N) is 2. The molecule has 0 unspecified atom stereocenters. The van der Waals surface area contributed by atoms with Crippen LogP contribution in [0.4, 0.5) is 0 Å². The maximum absolute atomic E-state index is 11.8. The summed E-state index contributed by atoms with van der Waals surface area (Å²) in [5.74, 6) is -0.419. The van der Waals surface area contributed by atoms with Crippen molar-refractivity contribution in [2.45, 2.75) is 37.5 Å². The Morgan fingerprint density at radius 3 is 2.64 bits per heavy atom. The molecule has 0 bridgehead atoms. The van der Waals surface area contributed by atoms with Crippen LogP contribution in [0.15, 0.2) is 0 Å². The van der Waals surface area contributed by atoms with Crippen LogP contribution in [-0.4, -0.2) is 81.6 Å². The van der Waals surface area contributed by atoms with Crippen LogP contribution in [-0.2, 0) is 19.6 Å². The van der Waals surface area contributed by atoms with E-state index in [0.29, 0.717) is 19.6 Å². The maximum atomic E-state index is 11.8. The molecule has 0 spiro atoms. The summed E-state index contributed by atoms with van der Waals surface area (Å²) < 4.78 is 29.5. The molecule has 9 heteroatoms. The van der Waals surface area contributed by atoms with E-state index < -0.39 is 22.0 Å². The maximum Gasteiger partial charge on any atom is 0.235 e. The van der Waals surface area contributed by atoms with E-state index in [9.17, 15) is 18.3 Å². The van der Waals surface area contributed by atoms with E-state index in [2.05, 4.69) is 14.9 Å². The fourth-order valence-corrected chi connectivity index (χ4v) is 3.47. The van der Waals surface area contributed by atoms with Crippen LogP contribution in [0.3, 0.4) is 0 Å². The first kappa shape index (κ1) is 17.6. The monoisotopic (exact) mass is 335 g/mol. The molecule has 1 saturated carbocycles. The van der Waals surface area contributed by atoms with Crippen LogP contribution < -0.4 is 10.0 Å². The minimum atomic E-state index is -3.40. The van der Waals surface area contributed by atoms with Gasteiger partial charge in [0.05, 0.1) is 38.2 Å². The van der Waals surface area contributed by atoms with Crippen molar-refractivity contribution in [2.75, 3.05) is 39.1 Å². The van der Waals surface area contributed by atoms with Crippen LogP contribution in [0.2, 0.25) is 0 Å². The van der Waals surface area contributed by atoms with Gasteiger partial charge in [0.15, 0.2) is 0 Å². The third kappa shape index (κ3) is 5.17.